The number of carbonyl (C=O) groups is 3. The van der Waals surface area contributed by atoms with Crippen molar-refractivity contribution in [3.63, 3.8) is 0 Å². The van der Waals surface area contributed by atoms with Crippen molar-refractivity contribution >= 4 is 69.1 Å². The van der Waals surface area contributed by atoms with Crippen LogP contribution < -0.4 is 16.4 Å². The lowest BCUT2D eigenvalue weighted by atomic mass is 9.87. The predicted octanol–water partition coefficient (Wildman–Crippen LogP) is 7.27. The van der Waals surface area contributed by atoms with Gasteiger partial charge in [0.1, 0.15) is 36.3 Å². The first-order valence-electron chi connectivity index (χ1n) is 25.6. The molecule has 2 unspecified atom stereocenters. The summed E-state index contributed by atoms with van der Waals surface area (Å²) < 4.78 is 62.5. The van der Waals surface area contributed by atoms with Crippen molar-refractivity contribution in [1.82, 2.24) is 30.2 Å². The van der Waals surface area contributed by atoms with Gasteiger partial charge in [-0.25, -0.2) is 28.6 Å². The predicted molar refractivity (Wildman–Crippen MR) is 274 cm³/mol. The Labute approximate surface area is 433 Å². The third-order valence-electron chi connectivity index (χ3n) is 12.2. The van der Waals surface area contributed by atoms with Crippen molar-refractivity contribution in [2.45, 2.75) is 199 Å². The average Bonchev–Trinajstić information content (AvgIpc) is 3.88. The number of carbonyl (C=O) groups excluding carboxylic acids is 3. The van der Waals surface area contributed by atoms with E-state index in [1.807, 2.05) is 0 Å². The normalized spacial score (nSPS) is 19.4. The second-order valence-electron chi connectivity index (χ2n) is 19.1. The molecule has 3 heterocycles. The van der Waals surface area contributed by atoms with Crippen molar-refractivity contribution in [3.05, 3.63) is 12.7 Å². The molecule has 0 bridgehead atoms. The van der Waals surface area contributed by atoms with Gasteiger partial charge in [0.15, 0.2) is 22.8 Å². The number of phosphoric ester groups is 3. The zero-order chi connectivity index (χ0) is 53.9. The van der Waals surface area contributed by atoms with E-state index < -0.39 is 84.6 Å². The number of rotatable bonds is 41. The van der Waals surface area contributed by atoms with E-state index in [1.165, 1.54) is 129 Å². The molecule has 3 rings (SSSR count). The summed E-state index contributed by atoms with van der Waals surface area (Å²) in [5, 5.41) is 26.7. The Hall–Kier alpha value is -2.44. The SMILES string of the molecule is CCCCCCCCCCCCCCCCCCCCCCCC(=O)SCCNC(=O)CCNC(=O)[C@H](O)C(C)(C)COP(=O)(O)OP(=O)(O)OC[C@H]1O[C@@H](n2cnc3c(N)ncnc32)[C@H](O)[C@@H]1OP(=O)(O)O. The molecule has 24 nitrogen and oxygen atoms in total. The van der Waals surface area contributed by atoms with Crippen LogP contribution >= 0.6 is 35.2 Å². The highest BCUT2D eigenvalue weighted by Crippen LogP contribution is 2.61. The number of hydrogen-bond donors (Lipinski definition) is 9. The molecule has 1 saturated heterocycles. The second kappa shape index (κ2) is 33.7. The van der Waals surface area contributed by atoms with Crippen LogP contribution in [-0.2, 0) is 50.7 Å². The molecule has 1 aliphatic rings. The Morgan fingerprint density at radius 1 is 0.781 bits per heavy atom. The van der Waals surface area contributed by atoms with E-state index >= 15 is 0 Å². The number of ether oxygens (including phenoxy) is 1. The van der Waals surface area contributed by atoms with Crippen LogP contribution in [0.5, 0.6) is 0 Å². The van der Waals surface area contributed by atoms with Crippen molar-refractivity contribution in [2.75, 3.05) is 37.8 Å². The number of aromatic nitrogens is 4. The molecular formula is C45H82N7O17P3S. The number of nitrogens with two attached hydrogens (primary N) is 1. The van der Waals surface area contributed by atoms with Gasteiger partial charge in [-0.05, 0) is 6.42 Å². The van der Waals surface area contributed by atoms with Gasteiger partial charge in [-0.1, -0.05) is 161 Å². The van der Waals surface area contributed by atoms with Gasteiger partial charge in [-0.15, -0.1) is 0 Å². The molecule has 7 atom stereocenters. The Morgan fingerprint density at radius 3 is 1.86 bits per heavy atom. The fourth-order valence-corrected chi connectivity index (χ4v) is 11.6. The Bertz CT molecular complexity index is 2100. The van der Waals surface area contributed by atoms with E-state index in [4.69, 9.17) is 19.5 Å². The van der Waals surface area contributed by atoms with Gasteiger partial charge in [-0.2, -0.15) is 4.31 Å². The van der Waals surface area contributed by atoms with Crippen molar-refractivity contribution in [3.8, 4) is 0 Å². The summed E-state index contributed by atoms with van der Waals surface area (Å²) >= 11 is 1.16. The zero-order valence-corrected chi connectivity index (χ0v) is 46.1. The first kappa shape index (κ1) is 64.8. The van der Waals surface area contributed by atoms with E-state index in [0.29, 0.717) is 12.2 Å². The van der Waals surface area contributed by atoms with Crippen molar-refractivity contribution < 1.29 is 80.5 Å². The summed E-state index contributed by atoms with van der Waals surface area (Å²) in [5.74, 6) is -1.01. The van der Waals surface area contributed by atoms with E-state index in [9.17, 15) is 57.9 Å². The van der Waals surface area contributed by atoms with E-state index in [0.717, 1.165) is 48.2 Å². The van der Waals surface area contributed by atoms with Gasteiger partial charge in [0.2, 0.25) is 11.8 Å². The molecule has 0 radical (unpaired) electrons. The van der Waals surface area contributed by atoms with Gasteiger partial charge in [-0.3, -0.25) is 32.5 Å². The maximum absolute atomic E-state index is 12.8. The van der Waals surface area contributed by atoms with Gasteiger partial charge < -0.3 is 50.9 Å². The Kier molecular flexibility index (Phi) is 29.9. The molecule has 1 fully saturated rings. The van der Waals surface area contributed by atoms with E-state index in [1.54, 1.807) is 0 Å². The highest BCUT2D eigenvalue weighted by molar-refractivity contribution is 8.13. The summed E-state index contributed by atoms with van der Waals surface area (Å²) in [6.45, 7) is 2.86. The number of aliphatic hydroxyl groups is 2. The van der Waals surface area contributed by atoms with Crippen LogP contribution in [-0.4, -0.2) is 123 Å². The number of anilines is 1. The highest BCUT2D eigenvalue weighted by atomic mass is 32.2. The van der Waals surface area contributed by atoms with Crippen LogP contribution in [0, 0.1) is 5.41 Å². The van der Waals surface area contributed by atoms with Crippen molar-refractivity contribution in [2.24, 2.45) is 5.41 Å². The number of nitrogens with one attached hydrogen (secondary N) is 2. The Balaban J connectivity index is 1.22. The topological polar surface area (TPSA) is 364 Å². The largest absolute Gasteiger partial charge is 0.481 e. The van der Waals surface area contributed by atoms with Crippen LogP contribution in [0.3, 0.4) is 0 Å². The lowest BCUT2D eigenvalue weighted by Crippen LogP contribution is -2.46. The number of aliphatic hydroxyl groups excluding tert-OH is 2. The maximum Gasteiger partial charge on any atom is 0.481 e. The molecule has 0 aromatic carbocycles. The first-order valence-corrected chi connectivity index (χ1v) is 31.1. The fraction of sp³-hybridized carbons (Fsp3) is 0.822. The third-order valence-corrected chi connectivity index (χ3v) is 16.3. The minimum Gasteiger partial charge on any atom is -0.386 e. The molecule has 1 aliphatic heterocycles. The van der Waals surface area contributed by atoms with Gasteiger partial charge in [0, 0.05) is 37.1 Å². The first-order chi connectivity index (χ1) is 34.6. The van der Waals surface area contributed by atoms with Crippen LogP contribution in [0.4, 0.5) is 5.82 Å². The Morgan fingerprint density at radius 2 is 1.32 bits per heavy atom. The molecule has 420 valence electrons. The van der Waals surface area contributed by atoms with Gasteiger partial charge in [0.25, 0.3) is 0 Å². The number of hydrogen-bond acceptors (Lipinski definition) is 18. The number of nitrogens with zero attached hydrogens (tertiary/aromatic N) is 4. The lowest BCUT2D eigenvalue weighted by molar-refractivity contribution is -0.137. The minimum absolute atomic E-state index is 0.0346. The number of thioether (sulfide) groups is 1. The summed E-state index contributed by atoms with van der Waals surface area (Å²) in [5.41, 5.74) is 4.30. The molecule has 28 heteroatoms. The van der Waals surface area contributed by atoms with E-state index in [-0.39, 0.29) is 41.6 Å². The van der Waals surface area contributed by atoms with E-state index in [2.05, 4.69) is 41.3 Å². The smallest absolute Gasteiger partial charge is 0.386 e. The van der Waals surface area contributed by atoms with Gasteiger partial charge in [0.05, 0.1) is 19.5 Å². The minimum atomic E-state index is -5.58. The number of phosphoric acid groups is 3. The zero-order valence-electron chi connectivity index (χ0n) is 42.6. The second-order valence-corrected chi connectivity index (χ2v) is 24.5. The fourth-order valence-electron chi connectivity index (χ4n) is 8.07. The highest BCUT2D eigenvalue weighted by Gasteiger charge is 2.50. The average molecular weight is 1120 g/mol. The summed E-state index contributed by atoms with van der Waals surface area (Å²) in [6.07, 6.45) is 20.9. The molecule has 0 saturated carbocycles. The van der Waals surface area contributed by atoms with Crippen LogP contribution in [0.15, 0.2) is 12.7 Å². The van der Waals surface area contributed by atoms with Crippen molar-refractivity contribution in [1.29, 1.82) is 0 Å². The van der Waals surface area contributed by atoms with Crippen LogP contribution in [0.2, 0.25) is 0 Å². The number of imidazole rings is 1. The monoisotopic (exact) mass is 1120 g/mol. The molecule has 0 spiro atoms. The maximum atomic E-state index is 12.8. The van der Waals surface area contributed by atoms with Crippen LogP contribution in [0.25, 0.3) is 11.2 Å². The molecule has 0 aliphatic carbocycles. The quantitative estimate of drug-likeness (QED) is 0.0233. The number of unbranched alkanes of at least 4 members (excludes halogenated alkanes) is 20. The summed E-state index contributed by atoms with van der Waals surface area (Å²) in [4.78, 5) is 88.6. The third kappa shape index (κ3) is 26.0. The number of amides is 2. The molecule has 2 aromatic heterocycles. The van der Waals surface area contributed by atoms with Crippen LogP contribution in [0.1, 0.15) is 175 Å². The summed E-state index contributed by atoms with van der Waals surface area (Å²) in [6, 6.07) is 0. The lowest BCUT2D eigenvalue weighted by Gasteiger charge is -2.30. The number of nitrogen functional groups attached to an aromatic ring is 1. The standard InChI is InChI=1S/C45H82N7O17P3S/c1-4-5-6-7-8-9-10-11-12-13-14-15-16-17-18-19-20-21-22-23-24-25-36(54)73-29-28-47-35(53)26-27-48-43(57)40(56)45(2,3)31-66-72(63,64)69-71(61,62)65-30-34-39(68-70(58,59)60)38(55)44(67-34)52-33-51-37-41(46)49-32-50-42(37)52/h32-34,38-40,44,55-56H,4-31H2,1-3H3,(H,47,53)(H,48,57)(H,61,62)(H,63,64)(H2,46,49,50)(H2,58,59,60)/t34-,38-,39-,40+,44-/m1/s1. The molecule has 10 N–H and O–H groups in total. The molecule has 73 heavy (non-hydrogen) atoms. The summed E-state index contributed by atoms with van der Waals surface area (Å²) in [7, 11) is -16.4. The molecule has 2 aromatic rings. The molecular weight excluding hydrogens is 1040 g/mol. The molecule has 2 amide bonds. The van der Waals surface area contributed by atoms with Gasteiger partial charge >= 0.3 is 23.5 Å². The number of fused-ring (bicyclic) bond motifs is 1.